The molecule has 6 nitrogen and oxygen atoms in total. The third-order valence-corrected chi connectivity index (χ3v) is 9.04. The first-order valence-electron chi connectivity index (χ1n) is 11.7. The first-order valence-corrected chi connectivity index (χ1v) is 13.4. The van der Waals surface area contributed by atoms with Crippen LogP contribution in [-0.2, 0) is 31.2 Å². The first kappa shape index (κ1) is 22.6. The molecular formula is C25H30N4O2S2. The second kappa shape index (κ2) is 9.60. The smallest absolute Gasteiger partial charge is 0.262 e. The molecule has 1 aliphatic heterocycles. The minimum absolute atomic E-state index is 0.0241. The molecule has 33 heavy (non-hydrogen) atoms. The highest BCUT2D eigenvalue weighted by Crippen LogP contribution is 2.35. The van der Waals surface area contributed by atoms with Gasteiger partial charge in [0.25, 0.3) is 5.56 Å². The molecule has 3 aromatic rings. The van der Waals surface area contributed by atoms with Crippen molar-refractivity contribution in [3.8, 4) is 0 Å². The number of thiophene rings is 1. The molecule has 1 atom stereocenters. The van der Waals surface area contributed by atoms with Gasteiger partial charge in [-0.2, -0.15) is 0 Å². The van der Waals surface area contributed by atoms with Gasteiger partial charge in [0.2, 0.25) is 5.91 Å². The zero-order valence-corrected chi connectivity index (χ0v) is 20.9. The fraction of sp³-hybridized carbons (Fsp3) is 0.480. The Morgan fingerprint density at radius 2 is 1.85 bits per heavy atom. The molecule has 1 aliphatic carbocycles. The number of fused-ring (bicyclic) bond motifs is 3. The van der Waals surface area contributed by atoms with E-state index in [0.717, 1.165) is 62.2 Å². The molecule has 1 fully saturated rings. The summed E-state index contributed by atoms with van der Waals surface area (Å²) in [6.07, 6.45) is 4.35. The maximum atomic E-state index is 13.2. The lowest BCUT2D eigenvalue weighted by Crippen LogP contribution is -2.50. The van der Waals surface area contributed by atoms with Crippen LogP contribution in [0.4, 0.5) is 0 Å². The van der Waals surface area contributed by atoms with Gasteiger partial charge in [0.15, 0.2) is 5.16 Å². The minimum Gasteiger partial charge on any atom is -0.339 e. The number of amides is 1. The Morgan fingerprint density at radius 3 is 2.61 bits per heavy atom. The Kier molecular flexibility index (Phi) is 6.58. The molecule has 3 heterocycles. The van der Waals surface area contributed by atoms with Crippen molar-refractivity contribution in [2.45, 2.75) is 49.6 Å². The summed E-state index contributed by atoms with van der Waals surface area (Å²) in [4.78, 5) is 37.6. The van der Waals surface area contributed by atoms with E-state index in [4.69, 9.17) is 4.98 Å². The van der Waals surface area contributed by atoms with E-state index in [2.05, 4.69) is 29.2 Å². The Hall–Kier alpha value is -2.16. The number of hydrogen-bond acceptors (Lipinski definition) is 6. The minimum atomic E-state index is -0.282. The number of aromatic nitrogens is 2. The molecule has 2 aromatic heterocycles. The molecule has 1 amide bonds. The number of benzene rings is 1. The summed E-state index contributed by atoms with van der Waals surface area (Å²) in [6.45, 7) is 6.07. The number of nitrogens with zero attached hydrogens (tertiary/aromatic N) is 4. The van der Waals surface area contributed by atoms with E-state index < -0.39 is 0 Å². The van der Waals surface area contributed by atoms with Gasteiger partial charge in [0.1, 0.15) is 4.83 Å². The molecular weight excluding hydrogens is 452 g/mol. The quantitative estimate of drug-likeness (QED) is 0.410. The molecule has 0 saturated carbocycles. The number of carbonyl (C=O) groups excluding carboxylic acids is 1. The van der Waals surface area contributed by atoms with Gasteiger partial charge in [-0.05, 0) is 43.7 Å². The van der Waals surface area contributed by atoms with E-state index in [1.807, 2.05) is 17.9 Å². The van der Waals surface area contributed by atoms with Gasteiger partial charge in [0, 0.05) is 44.6 Å². The summed E-state index contributed by atoms with van der Waals surface area (Å²) in [7, 11) is 1.78. The predicted molar refractivity (Wildman–Crippen MR) is 135 cm³/mol. The van der Waals surface area contributed by atoms with Crippen LogP contribution in [0.25, 0.3) is 10.2 Å². The van der Waals surface area contributed by atoms with Crippen molar-refractivity contribution in [3.05, 3.63) is 56.7 Å². The van der Waals surface area contributed by atoms with Gasteiger partial charge >= 0.3 is 0 Å². The van der Waals surface area contributed by atoms with Crippen LogP contribution in [0, 0.1) is 0 Å². The Labute approximate surface area is 202 Å². The average Bonchev–Trinajstić information content (AvgIpc) is 3.21. The Bertz CT molecular complexity index is 1210. The van der Waals surface area contributed by atoms with Gasteiger partial charge in [-0.3, -0.25) is 19.1 Å². The van der Waals surface area contributed by atoms with Crippen molar-refractivity contribution in [1.82, 2.24) is 19.4 Å². The molecule has 0 radical (unpaired) electrons. The first-order chi connectivity index (χ1) is 16.0. The van der Waals surface area contributed by atoms with E-state index in [1.165, 1.54) is 34.2 Å². The number of thioether (sulfide) groups is 1. The van der Waals surface area contributed by atoms with Crippen molar-refractivity contribution < 1.29 is 4.79 Å². The van der Waals surface area contributed by atoms with Gasteiger partial charge in [-0.25, -0.2) is 4.98 Å². The van der Waals surface area contributed by atoms with Gasteiger partial charge in [-0.1, -0.05) is 42.1 Å². The molecule has 5 rings (SSSR count). The number of carbonyl (C=O) groups is 1. The molecule has 0 N–H and O–H groups in total. The van der Waals surface area contributed by atoms with E-state index in [9.17, 15) is 9.59 Å². The maximum Gasteiger partial charge on any atom is 0.262 e. The van der Waals surface area contributed by atoms with Crippen LogP contribution in [0.5, 0.6) is 0 Å². The lowest BCUT2D eigenvalue weighted by molar-refractivity contribution is -0.132. The number of hydrogen-bond donors (Lipinski definition) is 0. The van der Waals surface area contributed by atoms with Crippen LogP contribution in [0.3, 0.4) is 0 Å². The third kappa shape index (κ3) is 4.61. The van der Waals surface area contributed by atoms with E-state index in [1.54, 1.807) is 23.0 Å². The van der Waals surface area contributed by atoms with Gasteiger partial charge in [0.05, 0.1) is 10.6 Å². The lowest BCUT2D eigenvalue weighted by atomic mass is 9.97. The monoisotopic (exact) mass is 482 g/mol. The normalized spacial score (nSPS) is 17.8. The van der Waals surface area contributed by atoms with Crippen molar-refractivity contribution >= 4 is 39.2 Å². The molecule has 2 aliphatic rings. The average molecular weight is 483 g/mol. The van der Waals surface area contributed by atoms with Crippen LogP contribution in [0.15, 0.2) is 40.3 Å². The zero-order chi connectivity index (χ0) is 22.9. The zero-order valence-electron chi connectivity index (χ0n) is 19.2. The number of aryl methyl sites for hydroxylation is 2. The SMILES string of the molecule is C[C@@H](Sc1nc2sc3c(c2c(=O)n1C)CCCC3)C(=O)N1CCN(Cc2ccccc2)CC1. The van der Waals surface area contributed by atoms with E-state index >= 15 is 0 Å². The van der Waals surface area contributed by atoms with Crippen molar-refractivity contribution in [2.24, 2.45) is 7.05 Å². The summed E-state index contributed by atoms with van der Waals surface area (Å²) >= 11 is 3.07. The van der Waals surface area contributed by atoms with Gasteiger partial charge < -0.3 is 4.90 Å². The number of piperazine rings is 1. The topological polar surface area (TPSA) is 58.4 Å². The molecule has 0 bridgehead atoms. The van der Waals surface area contributed by atoms with Crippen LogP contribution < -0.4 is 5.56 Å². The van der Waals surface area contributed by atoms with Crippen molar-refractivity contribution in [1.29, 1.82) is 0 Å². The fourth-order valence-corrected chi connectivity index (χ4v) is 7.07. The van der Waals surface area contributed by atoms with E-state index in [0.29, 0.717) is 5.16 Å². The van der Waals surface area contributed by atoms with Crippen LogP contribution in [0.1, 0.15) is 35.8 Å². The summed E-state index contributed by atoms with van der Waals surface area (Å²) in [6, 6.07) is 10.5. The largest absolute Gasteiger partial charge is 0.339 e. The Morgan fingerprint density at radius 1 is 1.12 bits per heavy atom. The molecule has 0 spiro atoms. The van der Waals surface area contributed by atoms with Crippen LogP contribution in [0.2, 0.25) is 0 Å². The van der Waals surface area contributed by atoms with Crippen molar-refractivity contribution in [2.75, 3.05) is 26.2 Å². The summed E-state index contributed by atoms with van der Waals surface area (Å²) < 4.78 is 1.64. The van der Waals surface area contributed by atoms with Crippen molar-refractivity contribution in [3.63, 3.8) is 0 Å². The molecule has 0 unspecified atom stereocenters. The second-order valence-electron chi connectivity index (χ2n) is 9.00. The fourth-order valence-electron chi connectivity index (χ4n) is 4.81. The lowest BCUT2D eigenvalue weighted by Gasteiger charge is -2.35. The van der Waals surface area contributed by atoms with E-state index in [-0.39, 0.29) is 16.7 Å². The highest BCUT2D eigenvalue weighted by Gasteiger charge is 2.28. The highest BCUT2D eigenvalue weighted by molar-refractivity contribution is 8.00. The van der Waals surface area contributed by atoms with Crippen LogP contribution in [-0.4, -0.2) is 56.7 Å². The summed E-state index contributed by atoms with van der Waals surface area (Å²) in [5, 5.41) is 1.15. The maximum absolute atomic E-state index is 13.2. The second-order valence-corrected chi connectivity index (χ2v) is 11.4. The number of rotatable bonds is 5. The molecule has 174 valence electrons. The van der Waals surface area contributed by atoms with Gasteiger partial charge in [-0.15, -0.1) is 11.3 Å². The van der Waals surface area contributed by atoms with Crippen LogP contribution >= 0.6 is 23.1 Å². The Balaban J connectivity index is 1.25. The predicted octanol–water partition coefficient (Wildman–Crippen LogP) is 3.70. The standard InChI is InChI=1S/C25H30N4O2S2/c1-17(23(30)29-14-12-28(13-15-29)16-18-8-4-3-5-9-18)32-25-26-22-21(24(31)27(25)2)19-10-6-7-11-20(19)33-22/h3-5,8-9,17H,6-7,10-16H2,1-2H3/t17-/m1/s1. The summed E-state index contributed by atoms with van der Waals surface area (Å²) in [5.41, 5.74) is 2.54. The molecule has 1 saturated heterocycles. The highest BCUT2D eigenvalue weighted by atomic mass is 32.2. The summed E-state index contributed by atoms with van der Waals surface area (Å²) in [5.74, 6) is 0.124. The third-order valence-electron chi connectivity index (χ3n) is 6.72. The molecule has 1 aromatic carbocycles. The molecule has 8 heteroatoms.